The van der Waals surface area contributed by atoms with Crippen molar-refractivity contribution in [3.8, 4) is 0 Å². The van der Waals surface area contributed by atoms with Gasteiger partial charge in [-0.15, -0.1) is 5.10 Å². The summed E-state index contributed by atoms with van der Waals surface area (Å²) in [5, 5.41) is 13.2. The van der Waals surface area contributed by atoms with Crippen LogP contribution in [0.15, 0.2) is 85.2 Å². The van der Waals surface area contributed by atoms with Crippen LogP contribution in [0.3, 0.4) is 0 Å². The summed E-state index contributed by atoms with van der Waals surface area (Å²) in [6, 6.07) is 26.6. The molecule has 0 unspecified atom stereocenters. The fourth-order valence-electron chi connectivity index (χ4n) is 5.99. The summed E-state index contributed by atoms with van der Waals surface area (Å²) < 4.78 is 2.10. The number of aromatic nitrogens is 5. The Balaban J connectivity index is 1.28. The zero-order valence-corrected chi connectivity index (χ0v) is 20.6. The maximum Gasteiger partial charge on any atom is 0.173 e. The van der Waals surface area contributed by atoms with Crippen molar-refractivity contribution in [2.75, 3.05) is 26.2 Å². The number of nitrogens with zero attached hydrogens (tertiary/aromatic N) is 7. The van der Waals surface area contributed by atoms with Gasteiger partial charge in [0.05, 0.1) is 18.1 Å². The highest BCUT2D eigenvalue weighted by Crippen LogP contribution is 2.35. The number of tetrazole rings is 1. The Bertz CT molecular complexity index is 1170. The van der Waals surface area contributed by atoms with Crippen molar-refractivity contribution in [1.82, 2.24) is 35.0 Å². The van der Waals surface area contributed by atoms with E-state index in [1.807, 2.05) is 18.5 Å². The van der Waals surface area contributed by atoms with Gasteiger partial charge in [0.2, 0.25) is 0 Å². The Kier molecular flexibility index (Phi) is 6.83. The second kappa shape index (κ2) is 10.7. The topological polar surface area (TPSA) is 63.0 Å². The van der Waals surface area contributed by atoms with Gasteiger partial charge in [-0.3, -0.25) is 14.8 Å². The molecule has 4 aromatic rings. The van der Waals surface area contributed by atoms with E-state index < -0.39 is 0 Å². The molecule has 2 fully saturated rings. The van der Waals surface area contributed by atoms with Crippen molar-refractivity contribution >= 4 is 0 Å². The molecule has 6 rings (SSSR count). The quantitative estimate of drug-likeness (QED) is 0.384. The maximum atomic E-state index is 4.58. The maximum absolute atomic E-state index is 4.58. The summed E-state index contributed by atoms with van der Waals surface area (Å²) in [4.78, 5) is 9.60. The third kappa shape index (κ3) is 4.68. The molecule has 0 N–H and O–H groups in total. The largest absolute Gasteiger partial charge is 0.290 e. The van der Waals surface area contributed by atoms with Crippen LogP contribution in [-0.4, -0.2) is 61.2 Å². The highest BCUT2D eigenvalue weighted by atomic mass is 15.6. The Morgan fingerprint density at radius 2 is 1.25 bits per heavy atom. The molecule has 1 aliphatic heterocycles. The minimum absolute atomic E-state index is 0.00310. The molecule has 7 heteroatoms. The van der Waals surface area contributed by atoms with Gasteiger partial charge < -0.3 is 0 Å². The number of benzene rings is 2. The van der Waals surface area contributed by atoms with Gasteiger partial charge in [0, 0.05) is 38.6 Å². The van der Waals surface area contributed by atoms with Crippen LogP contribution in [0.25, 0.3) is 0 Å². The van der Waals surface area contributed by atoms with Crippen molar-refractivity contribution < 1.29 is 0 Å². The van der Waals surface area contributed by atoms with E-state index >= 15 is 0 Å². The van der Waals surface area contributed by atoms with Gasteiger partial charge in [0.1, 0.15) is 0 Å². The van der Waals surface area contributed by atoms with Gasteiger partial charge in [-0.2, -0.15) is 0 Å². The normalized spacial score (nSPS) is 18.6. The molecule has 2 aromatic carbocycles. The molecule has 0 bridgehead atoms. The highest BCUT2D eigenvalue weighted by molar-refractivity contribution is 5.32. The van der Waals surface area contributed by atoms with Crippen LogP contribution in [0, 0.1) is 0 Å². The van der Waals surface area contributed by atoms with Crippen molar-refractivity contribution in [3.05, 3.63) is 108 Å². The first-order valence-electron chi connectivity index (χ1n) is 13.1. The summed E-state index contributed by atoms with van der Waals surface area (Å²) in [6.45, 7) is 3.81. The monoisotopic (exact) mass is 479 g/mol. The fourth-order valence-corrected chi connectivity index (χ4v) is 5.99. The van der Waals surface area contributed by atoms with Crippen LogP contribution in [0.4, 0.5) is 0 Å². The molecule has 0 amide bonds. The molecule has 2 aliphatic rings. The predicted octanol–water partition coefficient (Wildman–Crippen LogP) is 4.68. The predicted molar refractivity (Wildman–Crippen MR) is 139 cm³/mol. The Hall–Kier alpha value is -3.42. The van der Waals surface area contributed by atoms with E-state index in [1.165, 1.54) is 24.0 Å². The van der Waals surface area contributed by atoms with Crippen molar-refractivity contribution in [1.29, 1.82) is 0 Å². The van der Waals surface area contributed by atoms with Crippen molar-refractivity contribution in [2.24, 2.45) is 0 Å². The highest BCUT2D eigenvalue weighted by Gasteiger charge is 2.35. The lowest BCUT2D eigenvalue weighted by atomic mass is 9.96. The van der Waals surface area contributed by atoms with Crippen molar-refractivity contribution in [3.63, 3.8) is 0 Å². The molecule has 0 radical (unpaired) electrons. The van der Waals surface area contributed by atoms with E-state index in [0.717, 1.165) is 50.4 Å². The molecule has 1 saturated carbocycles. The Morgan fingerprint density at radius 1 is 0.667 bits per heavy atom. The fraction of sp³-hybridized carbons (Fsp3) is 0.379. The summed E-state index contributed by atoms with van der Waals surface area (Å²) in [7, 11) is 0. The van der Waals surface area contributed by atoms with Crippen LogP contribution in [0.5, 0.6) is 0 Å². The molecule has 3 heterocycles. The first kappa shape index (κ1) is 23.0. The van der Waals surface area contributed by atoms with E-state index in [-0.39, 0.29) is 12.1 Å². The molecule has 1 aliphatic carbocycles. The zero-order valence-electron chi connectivity index (χ0n) is 20.6. The number of hydrogen-bond donors (Lipinski definition) is 0. The molecule has 7 nitrogen and oxygen atoms in total. The van der Waals surface area contributed by atoms with Gasteiger partial charge in [0.25, 0.3) is 0 Å². The van der Waals surface area contributed by atoms with Gasteiger partial charge in [-0.05, 0) is 46.0 Å². The number of rotatable bonds is 7. The van der Waals surface area contributed by atoms with Crippen LogP contribution >= 0.6 is 0 Å². The lowest BCUT2D eigenvalue weighted by Crippen LogP contribution is -2.49. The lowest BCUT2D eigenvalue weighted by molar-refractivity contribution is 0.0852. The average molecular weight is 480 g/mol. The van der Waals surface area contributed by atoms with Gasteiger partial charge in [-0.1, -0.05) is 79.6 Å². The molecule has 2 aromatic heterocycles. The summed E-state index contributed by atoms with van der Waals surface area (Å²) in [5.41, 5.74) is 3.83. The van der Waals surface area contributed by atoms with E-state index in [4.69, 9.17) is 0 Å². The van der Waals surface area contributed by atoms with Gasteiger partial charge >= 0.3 is 0 Å². The Labute approximate surface area is 212 Å². The van der Waals surface area contributed by atoms with E-state index in [1.54, 1.807) is 0 Å². The van der Waals surface area contributed by atoms with Crippen LogP contribution in [-0.2, 0) is 0 Å². The standard InChI is InChI=1S/C29H33N7/c1-3-10-23(11-4-1)27(24-12-5-2-6-13-24)34-18-20-35(21-19-34)28(25-14-9-17-30-22-25)29-31-32-33-36(29)26-15-7-8-16-26/h1-6,9-14,17,22,26-28H,7-8,15-16,18-21H2/t28-/m1/s1. The Morgan fingerprint density at radius 3 is 1.83 bits per heavy atom. The first-order chi connectivity index (χ1) is 17.9. The van der Waals surface area contributed by atoms with E-state index in [9.17, 15) is 0 Å². The molecular formula is C29H33N7. The number of hydrogen-bond acceptors (Lipinski definition) is 6. The molecule has 184 valence electrons. The molecular weight excluding hydrogens is 446 g/mol. The molecule has 0 spiro atoms. The van der Waals surface area contributed by atoms with E-state index in [2.05, 4.69) is 102 Å². The number of pyridine rings is 1. The van der Waals surface area contributed by atoms with E-state index in [0.29, 0.717) is 6.04 Å². The zero-order chi connectivity index (χ0) is 24.2. The molecule has 36 heavy (non-hydrogen) atoms. The summed E-state index contributed by atoms with van der Waals surface area (Å²) >= 11 is 0. The van der Waals surface area contributed by atoms with Crippen LogP contribution in [0.1, 0.15) is 66.3 Å². The van der Waals surface area contributed by atoms with Crippen molar-refractivity contribution in [2.45, 2.75) is 43.8 Å². The average Bonchev–Trinajstić information content (AvgIpc) is 3.65. The first-order valence-corrected chi connectivity index (χ1v) is 13.1. The number of piperazine rings is 1. The second-order valence-corrected chi connectivity index (χ2v) is 9.90. The minimum atomic E-state index is 0.00310. The summed E-state index contributed by atoms with van der Waals surface area (Å²) in [6.07, 6.45) is 8.62. The lowest BCUT2D eigenvalue weighted by Gasteiger charge is -2.42. The SMILES string of the molecule is c1ccc(C(c2ccccc2)N2CCN([C@H](c3cccnc3)c3nnnn3C3CCCC3)CC2)cc1. The summed E-state index contributed by atoms with van der Waals surface area (Å²) in [5.74, 6) is 0.950. The third-order valence-corrected chi connectivity index (χ3v) is 7.74. The van der Waals surface area contributed by atoms with Crippen LogP contribution < -0.4 is 0 Å². The second-order valence-electron chi connectivity index (χ2n) is 9.90. The smallest absolute Gasteiger partial charge is 0.173 e. The van der Waals surface area contributed by atoms with Gasteiger partial charge in [-0.25, -0.2) is 4.68 Å². The molecule has 1 saturated heterocycles. The minimum Gasteiger partial charge on any atom is -0.290 e. The van der Waals surface area contributed by atoms with Gasteiger partial charge in [0.15, 0.2) is 5.82 Å². The third-order valence-electron chi connectivity index (χ3n) is 7.74. The molecule has 1 atom stereocenters. The van der Waals surface area contributed by atoms with Crippen LogP contribution in [0.2, 0.25) is 0 Å².